The average Bonchev–Trinajstić information content (AvgIpc) is 2.85. The van der Waals surface area contributed by atoms with Crippen LogP contribution in [0.1, 0.15) is 6.42 Å². The van der Waals surface area contributed by atoms with E-state index in [1.165, 1.54) is 28.8 Å². The highest BCUT2D eigenvalue weighted by Crippen LogP contribution is 2.30. The van der Waals surface area contributed by atoms with Crippen LogP contribution in [0.5, 0.6) is 0 Å². The molecular formula is C18H15FIN3O2S. The molecule has 2 aromatic rings. The Morgan fingerprint density at radius 2 is 2.04 bits per heavy atom. The van der Waals surface area contributed by atoms with E-state index in [-0.39, 0.29) is 18.2 Å². The van der Waals surface area contributed by atoms with Gasteiger partial charge in [0.25, 0.3) is 0 Å². The molecule has 1 saturated heterocycles. The second kappa shape index (κ2) is 8.17. The second-order valence-electron chi connectivity index (χ2n) is 5.64. The lowest BCUT2D eigenvalue weighted by atomic mass is 10.2. The largest absolute Gasteiger partial charge is 0.326 e. The molecule has 0 unspecified atom stereocenters. The van der Waals surface area contributed by atoms with E-state index in [0.29, 0.717) is 16.5 Å². The topological polar surface area (TPSA) is 61.8 Å². The summed E-state index contributed by atoms with van der Waals surface area (Å²) in [5.74, 6) is -0.822. The zero-order chi connectivity index (χ0) is 18.7. The van der Waals surface area contributed by atoms with Gasteiger partial charge in [0.05, 0.1) is 5.69 Å². The monoisotopic (exact) mass is 483 g/mol. The average molecular weight is 483 g/mol. The molecule has 0 saturated carbocycles. The first-order chi connectivity index (χ1) is 12.4. The van der Waals surface area contributed by atoms with Crippen molar-refractivity contribution in [2.45, 2.75) is 11.7 Å². The van der Waals surface area contributed by atoms with E-state index in [2.05, 4.69) is 32.9 Å². The third-order valence-corrected chi connectivity index (χ3v) is 5.62. The molecular weight excluding hydrogens is 468 g/mol. The number of amides is 2. The van der Waals surface area contributed by atoms with E-state index >= 15 is 0 Å². The van der Waals surface area contributed by atoms with Gasteiger partial charge in [0.1, 0.15) is 11.1 Å². The minimum Gasteiger partial charge on any atom is -0.326 e. The quantitative estimate of drug-likeness (QED) is 0.669. The summed E-state index contributed by atoms with van der Waals surface area (Å²) >= 11 is 3.40. The Balaban J connectivity index is 1.66. The second-order valence-corrected chi connectivity index (χ2v) is 8.05. The lowest BCUT2D eigenvalue weighted by Gasteiger charge is -2.09. The fraction of sp³-hybridized carbons (Fsp3) is 0.167. The van der Waals surface area contributed by atoms with Crippen LogP contribution >= 0.6 is 34.4 Å². The van der Waals surface area contributed by atoms with Gasteiger partial charge in [-0.2, -0.15) is 0 Å². The van der Waals surface area contributed by atoms with Gasteiger partial charge >= 0.3 is 0 Å². The Labute approximate surface area is 168 Å². The van der Waals surface area contributed by atoms with Crippen LogP contribution in [0.4, 0.5) is 15.8 Å². The fourth-order valence-corrected chi connectivity index (χ4v) is 3.88. The van der Waals surface area contributed by atoms with Crippen molar-refractivity contribution >= 4 is 62.7 Å². The minimum absolute atomic E-state index is 0.0436. The number of aliphatic imine (C=N–C) groups is 1. The molecule has 1 aliphatic heterocycles. The molecule has 0 radical (unpaired) electrons. The van der Waals surface area contributed by atoms with Crippen LogP contribution in [0, 0.1) is 9.39 Å². The van der Waals surface area contributed by atoms with Gasteiger partial charge in [-0.05, 0) is 65.1 Å². The number of hydrogen-bond acceptors (Lipinski definition) is 4. The highest BCUT2D eigenvalue weighted by atomic mass is 127. The van der Waals surface area contributed by atoms with Gasteiger partial charge in [-0.1, -0.05) is 17.8 Å². The van der Waals surface area contributed by atoms with Crippen molar-refractivity contribution in [3.05, 3.63) is 57.9 Å². The number of benzene rings is 2. The van der Waals surface area contributed by atoms with Crippen molar-refractivity contribution in [1.82, 2.24) is 4.90 Å². The predicted molar refractivity (Wildman–Crippen MR) is 110 cm³/mol. The lowest BCUT2D eigenvalue weighted by molar-refractivity contribution is -0.127. The number of amidine groups is 1. The summed E-state index contributed by atoms with van der Waals surface area (Å²) in [7, 11) is 1.60. The lowest BCUT2D eigenvalue weighted by Crippen LogP contribution is -2.30. The van der Waals surface area contributed by atoms with Gasteiger partial charge < -0.3 is 5.32 Å². The van der Waals surface area contributed by atoms with Crippen LogP contribution in [-0.2, 0) is 9.59 Å². The van der Waals surface area contributed by atoms with E-state index in [1.54, 1.807) is 19.2 Å². The van der Waals surface area contributed by atoms with Gasteiger partial charge in [0.15, 0.2) is 5.17 Å². The molecule has 26 heavy (non-hydrogen) atoms. The van der Waals surface area contributed by atoms with Crippen molar-refractivity contribution < 1.29 is 14.0 Å². The molecule has 3 rings (SSSR count). The third kappa shape index (κ3) is 4.61. The van der Waals surface area contributed by atoms with E-state index in [0.717, 1.165) is 3.57 Å². The summed E-state index contributed by atoms with van der Waals surface area (Å²) in [6, 6.07) is 13.2. The Hall–Kier alpha value is -1.94. The first kappa shape index (κ1) is 18.8. The van der Waals surface area contributed by atoms with Gasteiger partial charge in [-0.3, -0.25) is 14.5 Å². The molecule has 1 heterocycles. The molecule has 0 spiro atoms. The zero-order valence-corrected chi connectivity index (χ0v) is 16.8. The van der Waals surface area contributed by atoms with Crippen molar-refractivity contribution in [2.24, 2.45) is 4.99 Å². The molecule has 1 fully saturated rings. The standard InChI is InChI=1S/C18H15FIN3O2S/c1-23-17(25)15(10-16(24)21-13-7-5-12(20)6-8-13)26-18(23)22-14-4-2-3-11(19)9-14/h2-9,15H,10H2,1H3,(H,21,24)/t15-/m1/s1. The molecule has 0 aliphatic carbocycles. The summed E-state index contributed by atoms with van der Waals surface area (Å²) in [5.41, 5.74) is 1.11. The molecule has 2 aromatic carbocycles. The summed E-state index contributed by atoms with van der Waals surface area (Å²) < 4.78 is 14.4. The molecule has 1 atom stereocenters. The number of thioether (sulfide) groups is 1. The first-order valence-corrected chi connectivity index (χ1v) is 9.72. The third-order valence-electron chi connectivity index (χ3n) is 3.67. The first-order valence-electron chi connectivity index (χ1n) is 7.76. The number of halogens is 2. The van der Waals surface area contributed by atoms with Gasteiger partial charge in [-0.25, -0.2) is 9.38 Å². The van der Waals surface area contributed by atoms with Crippen molar-refractivity contribution in [1.29, 1.82) is 0 Å². The van der Waals surface area contributed by atoms with Crippen molar-refractivity contribution in [2.75, 3.05) is 12.4 Å². The van der Waals surface area contributed by atoms with Crippen LogP contribution in [-0.4, -0.2) is 34.2 Å². The van der Waals surface area contributed by atoms with Crippen molar-refractivity contribution in [3.8, 4) is 0 Å². The summed E-state index contributed by atoms with van der Waals surface area (Å²) in [4.78, 5) is 30.3. The molecule has 0 bridgehead atoms. The Morgan fingerprint density at radius 3 is 2.73 bits per heavy atom. The van der Waals surface area contributed by atoms with E-state index in [1.807, 2.05) is 24.3 Å². The molecule has 2 amide bonds. The maximum absolute atomic E-state index is 13.3. The predicted octanol–water partition coefficient (Wildman–Crippen LogP) is 4.02. The van der Waals surface area contributed by atoms with Gasteiger partial charge in [0.2, 0.25) is 11.8 Å². The SMILES string of the molecule is CN1C(=O)[C@@H](CC(=O)Nc2ccc(I)cc2)SC1=Nc1cccc(F)c1. The smallest absolute Gasteiger partial charge is 0.242 e. The van der Waals surface area contributed by atoms with Crippen molar-refractivity contribution in [3.63, 3.8) is 0 Å². The maximum Gasteiger partial charge on any atom is 0.242 e. The number of nitrogens with one attached hydrogen (secondary N) is 1. The molecule has 5 nitrogen and oxygen atoms in total. The Morgan fingerprint density at radius 1 is 1.31 bits per heavy atom. The molecule has 134 valence electrons. The molecule has 0 aromatic heterocycles. The molecule has 1 N–H and O–H groups in total. The number of hydrogen-bond donors (Lipinski definition) is 1. The number of carbonyl (C=O) groups excluding carboxylic acids is 2. The van der Waals surface area contributed by atoms with Crippen LogP contribution < -0.4 is 5.32 Å². The van der Waals surface area contributed by atoms with Crippen LogP contribution in [0.25, 0.3) is 0 Å². The molecule has 8 heteroatoms. The summed E-state index contributed by atoms with van der Waals surface area (Å²) in [6.45, 7) is 0. The summed E-state index contributed by atoms with van der Waals surface area (Å²) in [6.07, 6.45) is 0.0436. The maximum atomic E-state index is 13.3. The zero-order valence-electron chi connectivity index (χ0n) is 13.8. The van der Waals surface area contributed by atoms with Crippen LogP contribution in [0.3, 0.4) is 0 Å². The van der Waals surface area contributed by atoms with E-state index in [9.17, 15) is 14.0 Å². The van der Waals surface area contributed by atoms with Gasteiger partial charge in [0, 0.05) is 22.7 Å². The fourth-order valence-electron chi connectivity index (χ4n) is 2.37. The van der Waals surface area contributed by atoms with Crippen LogP contribution in [0.15, 0.2) is 53.5 Å². The number of rotatable bonds is 4. The Kier molecular flexibility index (Phi) is 5.92. The van der Waals surface area contributed by atoms with E-state index in [4.69, 9.17) is 0 Å². The molecule has 1 aliphatic rings. The van der Waals surface area contributed by atoms with E-state index < -0.39 is 11.1 Å². The Bertz CT molecular complexity index is 873. The summed E-state index contributed by atoms with van der Waals surface area (Å²) in [5, 5.41) is 2.69. The minimum atomic E-state index is -0.545. The van der Waals surface area contributed by atoms with Gasteiger partial charge in [-0.15, -0.1) is 0 Å². The number of anilines is 1. The highest BCUT2D eigenvalue weighted by Gasteiger charge is 2.37. The number of carbonyl (C=O) groups is 2. The number of nitrogens with zero attached hydrogens (tertiary/aromatic N) is 2. The van der Waals surface area contributed by atoms with Crippen LogP contribution in [0.2, 0.25) is 0 Å². The highest BCUT2D eigenvalue weighted by molar-refractivity contribution is 14.1. The normalized spacial score (nSPS) is 18.4.